The van der Waals surface area contributed by atoms with Crippen LogP contribution in [-0.2, 0) is 0 Å². The van der Waals surface area contributed by atoms with Crippen molar-refractivity contribution in [3.8, 4) is 6.07 Å². The number of hydrogen-bond donors (Lipinski definition) is 2. The maximum absolute atomic E-state index is 8.61. The maximum Gasteiger partial charge on any atom is 0.149 e. The van der Waals surface area contributed by atoms with Crippen molar-refractivity contribution < 1.29 is 5.32 Å². The molecule has 0 bridgehead atoms. The highest BCUT2D eigenvalue weighted by atomic mass is 14.9. The first-order valence-electron chi connectivity index (χ1n) is 3.40. The molecule has 0 saturated heterocycles. The molecule has 3 heteroatoms. The van der Waals surface area contributed by atoms with Gasteiger partial charge in [0.2, 0.25) is 0 Å². The number of rotatable bonds is 1. The summed E-state index contributed by atoms with van der Waals surface area (Å²) < 4.78 is 0. The van der Waals surface area contributed by atoms with Gasteiger partial charge in [-0.1, -0.05) is 6.08 Å². The van der Waals surface area contributed by atoms with Crippen molar-refractivity contribution >= 4 is 0 Å². The molecule has 1 heterocycles. The monoisotopic (exact) mass is 148 g/mol. The van der Waals surface area contributed by atoms with Gasteiger partial charge in [0, 0.05) is 12.6 Å². The van der Waals surface area contributed by atoms with Crippen molar-refractivity contribution in [3.63, 3.8) is 0 Å². The standard InChI is InChI=1S/C8H9N3/c9-5-7(6-10)8-3-1-2-4-11-8/h1-4,11H,5,9H2/p+1/b8-7-. The van der Waals surface area contributed by atoms with Crippen molar-refractivity contribution in [2.75, 3.05) is 6.54 Å². The average molecular weight is 148 g/mol. The lowest BCUT2D eigenvalue weighted by molar-refractivity contribution is -0.531. The molecular formula is C8H10N3+. The van der Waals surface area contributed by atoms with Crippen LogP contribution in [0.25, 0.3) is 0 Å². The van der Waals surface area contributed by atoms with Crippen LogP contribution in [0.2, 0.25) is 0 Å². The van der Waals surface area contributed by atoms with Crippen molar-refractivity contribution in [2.45, 2.75) is 0 Å². The van der Waals surface area contributed by atoms with E-state index in [0.717, 1.165) is 5.70 Å². The van der Waals surface area contributed by atoms with E-state index in [1.807, 2.05) is 29.7 Å². The molecule has 0 aromatic carbocycles. The minimum Gasteiger partial charge on any atom is -0.326 e. The third-order valence-corrected chi connectivity index (χ3v) is 1.46. The summed E-state index contributed by atoms with van der Waals surface area (Å²) in [4.78, 5) is 0. The van der Waals surface area contributed by atoms with E-state index < -0.39 is 0 Å². The fourth-order valence-electron chi connectivity index (χ4n) is 0.867. The zero-order chi connectivity index (χ0) is 8.10. The summed E-state index contributed by atoms with van der Waals surface area (Å²) in [5.41, 5.74) is 6.90. The molecule has 4 N–H and O–H groups in total. The molecule has 1 aliphatic heterocycles. The van der Waals surface area contributed by atoms with Gasteiger partial charge in [0.1, 0.15) is 17.3 Å². The van der Waals surface area contributed by atoms with Crippen LogP contribution in [0.4, 0.5) is 0 Å². The second-order valence-corrected chi connectivity index (χ2v) is 2.16. The number of quaternary nitrogens is 1. The maximum atomic E-state index is 8.61. The van der Waals surface area contributed by atoms with Crippen LogP contribution in [-0.4, -0.2) is 6.54 Å². The van der Waals surface area contributed by atoms with Gasteiger partial charge in [0.25, 0.3) is 0 Å². The summed E-state index contributed by atoms with van der Waals surface area (Å²) in [6.07, 6.45) is 7.57. The van der Waals surface area contributed by atoms with Crippen LogP contribution in [0.1, 0.15) is 0 Å². The lowest BCUT2D eigenvalue weighted by Crippen LogP contribution is -2.76. The Hall–Kier alpha value is -1.37. The molecule has 0 amide bonds. The van der Waals surface area contributed by atoms with Crippen molar-refractivity contribution in [1.29, 1.82) is 5.26 Å². The zero-order valence-corrected chi connectivity index (χ0v) is 6.12. The van der Waals surface area contributed by atoms with Gasteiger partial charge in [-0.15, -0.1) is 0 Å². The molecule has 0 saturated carbocycles. The molecule has 0 atom stereocenters. The van der Waals surface area contributed by atoms with E-state index in [4.69, 9.17) is 11.0 Å². The Kier molecular flexibility index (Phi) is 2.61. The lowest BCUT2D eigenvalue weighted by atomic mass is 10.2. The molecule has 11 heavy (non-hydrogen) atoms. The molecule has 0 aromatic heterocycles. The first-order valence-corrected chi connectivity index (χ1v) is 3.40. The predicted octanol–water partition coefficient (Wildman–Crippen LogP) is -0.630. The van der Waals surface area contributed by atoms with E-state index in [1.54, 1.807) is 0 Å². The van der Waals surface area contributed by atoms with Crippen molar-refractivity contribution in [3.05, 3.63) is 35.7 Å². The Labute approximate surface area is 65.5 Å². The Morgan fingerprint density at radius 1 is 1.64 bits per heavy atom. The van der Waals surface area contributed by atoms with Gasteiger partial charge in [-0.25, -0.2) is 0 Å². The summed E-state index contributed by atoms with van der Waals surface area (Å²) in [5.74, 6) is 0. The second-order valence-electron chi connectivity index (χ2n) is 2.16. The summed E-state index contributed by atoms with van der Waals surface area (Å²) in [7, 11) is 0. The van der Waals surface area contributed by atoms with Crippen LogP contribution in [0.5, 0.6) is 0 Å². The Bertz CT molecular complexity index is 266. The molecule has 0 fully saturated rings. The van der Waals surface area contributed by atoms with Crippen LogP contribution in [0.3, 0.4) is 0 Å². The summed E-state index contributed by atoms with van der Waals surface area (Å²) in [6.45, 7) is 0.306. The molecule has 0 radical (unpaired) electrons. The predicted molar refractivity (Wildman–Crippen MR) is 41.9 cm³/mol. The van der Waals surface area contributed by atoms with Gasteiger partial charge in [0.15, 0.2) is 0 Å². The molecule has 0 unspecified atom stereocenters. The van der Waals surface area contributed by atoms with Gasteiger partial charge in [-0.05, 0) is 6.08 Å². The van der Waals surface area contributed by atoms with E-state index >= 15 is 0 Å². The minimum atomic E-state index is 0.306. The highest BCUT2D eigenvalue weighted by molar-refractivity contribution is 5.33. The molecule has 0 aliphatic carbocycles. The van der Waals surface area contributed by atoms with Gasteiger partial charge in [-0.2, -0.15) is 5.26 Å². The summed E-state index contributed by atoms with van der Waals surface area (Å²) >= 11 is 0. The SMILES string of the molecule is N#C/C(CN)=C1/C=CC=C[NH2+]1. The fraction of sp³-hybridized carbons (Fsp3) is 0.125. The van der Waals surface area contributed by atoms with E-state index in [-0.39, 0.29) is 0 Å². The zero-order valence-electron chi connectivity index (χ0n) is 6.12. The Balaban J connectivity index is 2.88. The topological polar surface area (TPSA) is 66.4 Å². The first-order chi connectivity index (χ1) is 5.38. The third-order valence-electron chi connectivity index (χ3n) is 1.46. The Morgan fingerprint density at radius 2 is 2.45 bits per heavy atom. The molecule has 0 spiro atoms. The van der Waals surface area contributed by atoms with Crippen LogP contribution in [0, 0.1) is 11.3 Å². The fourth-order valence-corrected chi connectivity index (χ4v) is 0.867. The lowest BCUT2D eigenvalue weighted by Gasteiger charge is -2.00. The smallest absolute Gasteiger partial charge is 0.149 e. The average Bonchev–Trinajstić information content (AvgIpc) is 2.09. The van der Waals surface area contributed by atoms with Gasteiger partial charge in [0.05, 0.1) is 6.20 Å². The van der Waals surface area contributed by atoms with Gasteiger partial charge in [-0.3, -0.25) is 5.32 Å². The Morgan fingerprint density at radius 3 is 2.91 bits per heavy atom. The number of nitriles is 1. The number of nitrogens with zero attached hydrogens (tertiary/aromatic N) is 1. The quantitative estimate of drug-likeness (QED) is 0.486. The number of allylic oxidation sites excluding steroid dienone is 3. The highest BCUT2D eigenvalue weighted by Crippen LogP contribution is 1.97. The third kappa shape index (κ3) is 1.77. The van der Waals surface area contributed by atoms with Crippen molar-refractivity contribution in [1.82, 2.24) is 0 Å². The molecule has 3 nitrogen and oxygen atoms in total. The van der Waals surface area contributed by atoms with E-state index in [1.165, 1.54) is 0 Å². The molecule has 0 aromatic rings. The highest BCUT2D eigenvalue weighted by Gasteiger charge is 2.05. The second kappa shape index (κ2) is 3.71. The van der Waals surface area contributed by atoms with Crippen LogP contribution >= 0.6 is 0 Å². The van der Waals surface area contributed by atoms with E-state index in [0.29, 0.717) is 12.1 Å². The van der Waals surface area contributed by atoms with Crippen LogP contribution < -0.4 is 11.1 Å². The normalized spacial score (nSPS) is 19.6. The van der Waals surface area contributed by atoms with Gasteiger partial charge >= 0.3 is 0 Å². The molecular weight excluding hydrogens is 138 g/mol. The first kappa shape index (κ1) is 7.73. The van der Waals surface area contributed by atoms with Crippen LogP contribution in [0.15, 0.2) is 35.7 Å². The van der Waals surface area contributed by atoms with Crippen molar-refractivity contribution in [2.24, 2.45) is 5.73 Å². The van der Waals surface area contributed by atoms with E-state index in [2.05, 4.69) is 6.07 Å². The largest absolute Gasteiger partial charge is 0.326 e. The molecule has 56 valence electrons. The number of nitrogens with two attached hydrogens (primary N) is 2. The molecule has 1 aliphatic rings. The van der Waals surface area contributed by atoms with E-state index in [9.17, 15) is 0 Å². The summed E-state index contributed by atoms with van der Waals surface area (Å²) in [5, 5.41) is 10.5. The summed E-state index contributed by atoms with van der Waals surface area (Å²) in [6, 6.07) is 2.06. The number of hydrogen-bond acceptors (Lipinski definition) is 2. The molecule has 1 rings (SSSR count). The minimum absolute atomic E-state index is 0.306. The van der Waals surface area contributed by atoms with Gasteiger partial charge < -0.3 is 5.73 Å².